The van der Waals surface area contributed by atoms with Crippen molar-refractivity contribution in [2.75, 3.05) is 6.61 Å². The molecule has 1 aromatic heterocycles. The van der Waals surface area contributed by atoms with Crippen molar-refractivity contribution in [1.29, 1.82) is 0 Å². The predicted molar refractivity (Wildman–Crippen MR) is 103 cm³/mol. The van der Waals surface area contributed by atoms with Crippen LogP contribution in [0.5, 0.6) is 0 Å². The number of halogens is 1. The van der Waals surface area contributed by atoms with Crippen LogP contribution in [-0.4, -0.2) is 31.7 Å². The number of nitrogens with zero attached hydrogens (tertiary/aromatic N) is 1. The number of hydrogen-bond donors (Lipinski definition) is 2. The van der Waals surface area contributed by atoms with Crippen molar-refractivity contribution in [3.8, 4) is 0 Å². The van der Waals surface area contributed by atoms with Crippen molar-refractivity contribution < 1.29 is 17.9 Å². The van der Waals surface area contributed by atoms with E-state index >= 15 is 0 Å². The number of carbonyl (C=O) groups is 1. The third-order valence-electron chi connectivity index (χ3n) is 3.74. The number of esters is 1. The maximum atomic E-state index is 12.3. The van der Waals surface area contributed by atoms with Gasteiger partial charge in [0, 0.05) is 10.2 Å². The van der Waals surface area contributed by atoms with E-state index in [2.05, 4.69) is 30.8 Å². The molecule has 0 radical (unpaired) electrons. The standard InChI is InChI=1S/C17H20BrN3O4S/c1-5-25-17(22)15-10(2)16(19-11(15)3)12(4)20-21-26(23,24)14-8-6-13(18)7-9-14/h6-9,19,21H,5H2,1-4H3/b20-12+. The zero-order valence-electron chi connectivity index (χ0n) is 14.9. The van der Waals surface area contributed by atoms with Crippen molar-refractivity contribution in [3.63, 3.8) is 0 Å². The molecular weight excluding hydrogens is 422 g/mol. The number of aromatic amines is 1. The predicted octanol–water partition coefficient (Wildman–Crippen LogP) is 3.27. The fourth-order valence-electron chi connectivity index (χ4n) is 2.47. The molecule has 140 valence electrons. The Bertz CT molecular complexity index is 947. The van der Waals surface area contributed by atoms with Gasteiger partial charge in [-0.3, -0.25) is 0 Å². The zero-order valence-corrected chi connectivity index (χ0v) is 17.3. The van der Waals surface area contributed by atoms with Crippen LogP contribution in [0.3, 0.4) is 0 Å². The molecule has 0 aliphatic heterocycles. The maximum absolute atomic E-state index is 12.3. The molecule has 2 N–H and O–H groups in total. The van der Waals surface area contributed by atoms with Crippen LogP contribution in [0, 0.1) is 13.8 Å². The average molecular weight is 442 g/mol. The first-order valence-electron chi connectivity index (χ1n) is 7.85. The molecule has 0 aliphatic rings. The van der Waals surface area contributed by atoms with Gasteiger partial charge in [-0.1, -0.05) is 15.9 Å². The molecule has 0 amide bonds. The summed E-state index contributed by atoms with van der Waals surface area (Å²) in [6.07, 6.45) is 0. The third-order valence-corrected chi connectivity index (χ3v) is 5.49. The fraction of sp³-hybridized carbons (Fsp3) is 0.294. The summed E-state index contributed by atoms with van der Waals surface area (Å²) in [5, 5.41) is 3.97. The summed E-state index contributed by atoms with van der Waals surface area (Å²) in [5.41, 5.74) is 2.71. The molecular formula is C17H20BrN3O4S. The quantitative estimate of drug-likeness (QED) is 0.407. The summed E-state index contributed by atoms with van der Waals surface area (Å²) < 4.78 is 30.5. The van der Waals surface area contributed by atoms with Gasteiger partial charge in [0.1, 0.15) is 0 Å². The molecule has 1 aromatic carbocycles. The molecule has 0 bridgehead atoms. The molecule has 0 aliphatic carbocycles. The molecule has 2 rings (SSSR count). The van der Waals surface area contributed by atoms with Crippen molar-refractivity contribution in [1.82, 2.24) is 9.82 Å². The highest BCUT2D eigenvalue weighted by atomic mass is 79.9. The first kappa shape index (κ1) is 20.2. The van der Waals surface area contributed by atoms with Crippen molar-refractivity contribution >= 4 is 37.6 Å². The molecule has 0 fully saturated rings. The minimum Gasteiger partial charge on any atom is -0.462 e. The summed E-state index contributed by atoms with van der Waals surface area (Å²) in [7, 11) is -3.79. The fourth-order valence-corrected chi connectivity index (χ4v) is 3.59. The minimum absolute atomic E-state index is 0.101. The molecule has 7 nitrogen and oxygen atoms in total. The number of nitrogens with one attached hydrogen (secondary N) is 2. The summed E-state index contributed by atoms with van der Waals surface area (Å²) in [4.78, 5) is 17.4. The second kappa shape index (κ2) is 8.05. The lowest BCUT2D eigenvalue weighted by molar-refractivity contribution is 0.0525. The third kappa shape index (κ3) is 4.34. The minimum atomic E-state index is -3.79. The molecule has 26 heavy (non-hydrogen) atoms. The van der Waals surface area contributed by atoms with Crippen LogP contribution in [0.15, 0.2) is 38.7 Å². The maximum Gasteiger partial charge on any atom is 0.340 e. The van der Waals surface area contributed by atoms with Gasteiger partial charge in [0.25, 0.3) is 10.0 Å². The Morgan fingerprint density at radius 1 is 1.27 bits per heavy atom. The van der Waals surface area contributed by atoms with Crippen LogP contribution >= 0.6 is 15.9 Å². The van der Waals surface area contributed by atoms with Gasteiger partial charge in [-0.25, -0.2) is 4.79 Å². The number of sulfonamides is 1. The van der Waals surface area contributed by atoms with Gasteiger partial charge in [-0.2, -0.15) is 18.4 Å². The molecule has 2 aromatic rings. The summed E-state index contributed by atoms with van der Waals surface area (Å²) in [6, 6.07) is 6.21. The number of aryl methyl sites for hydroxylation is 1. The Morgan fingerprint density at radius 2 is 1.88 bits per heavy atom. The molecule has 0 saturated carbocycles. The lowest BCUT2D eigenvalue weighted by Crippen LogP contribution is -2.20. The number of carbonyl (C=O) groups excluding carboxylic acids is 1. The Labute approximate surface area is 161 Å². The molecule has 0 spiro atoms. The van der Waals surface area contributed by atoms with E-state index in [-0.39, 0.29) is 11.5 Å². The number of benzene rings is 1. The summed E-state index contributed by atoms with van der Waals surface area (Å²) >= 11 is 3.26. The topological polar surface area (TPSA) is 101 Å². The second-order valence-electron chi connectivity index (χ2n) is 5.59. The van der Waals surface area contributed by atoms with Gasteiger partial charge in [0.15, 0.2) is 0 Å². The summed E-state index contributed by atoms with van der Waals surface area (Å²) in [5.74, 6) is -0.423. The van der Waals surface area contributed by atoms with E-state index in [1.54, 1.807) is 39.8 Å². The summed E-state index contributed by atoms with van der Waals surface area (Å²) in [6.45, 7) is 7.17. The largest absolute Gasteiger partial charge is 0.462 e. The molecule has 0 atom stereocenters. The smallest absolute Gasteiger partial charge is 0.340 e. The SMILES string of the molecule is CCOC(=O)c1c(C)[nH]c(/C(C)=N/NS(=O)(=O)c2ccc(Br)cc2)c1C. The van der Waals surface area contributed by atoms with Crippen LogP contribution in [0.2, 0.25) is 0 Å². The van der Waals surface area contributed by atoms with Crippen LogP contribution in [-0.2, 0) is 14.8 Å². The van der Waals surface area contributed by atoms with E-state index in [0.717, 1.165) is 4.47 Å². The Kier molecular flexibility index (Phi) is 6.25. The number of ether oxygens (including phenoxy) is 1. The van der Waals surface area contributed by atoms with E-state index in [1.165, 1.54) is 12.1 Å². The number of aromatic nitrogens is 1. The van der Waals surface area contributed by atoms with Gasteiger partial charge in [0.2, 0.25) is 0 Å². The molecule has 9 heteroatoms. The average Bonchev–Trinajstić information content (AvgIpc) is 2.88. The van der Waals surface area contributed by atoms with Gasteiger partial charge < -0.3 is 9.72 Å². The Morgan fingerprint density at radius 3 is 2.46 bits per heavy atom. The van der Waals surface area contributed by atoms with Gasteiger partial charge in [0.05, 0.1) is 28.5 Å². The normalized spacial score (nSPS) is 12.1. The lowest BCUT2D eigenvalue weighted by Gasteiger charge is -2.06. The van der Waals surface area contributed by atoms with E-state index in [4.69, 9.17) is 4.74 Å². The highest BCUT2D eigenvalue weighted by Gasteiger charge is 2.21. The van der Waals surface area contributed by atoms with Crippen molar-refractivity contribution in [2.45, 2.75) is 32.6 Å². The van der Waals surface area contributed by atoms with E-state index in [9.17, 15) is 13.2 Å². The Hall–Kier alpha value is -2.13. The van der Waals surface area contributed by atoms with Crippen molar-refractivity contribution in [3.05, 3.63) is 51.3 Å². The van der Waals surface area contributed by atoms with Crippen molar-refractivity contribution in [2.24, 2.45) is 5.10 Å². The molecule has 1 heterocycles. The van der Waals surface area contributed by atoms with Crippen LogP contribution in [0.1, 0.15) is 41.2 Å². The monoisotopic (exact) mass is 441 g/mol. The number of hydrazone groups is 1. The number of rotatable bonds is 6. The van der Waals surface area contributed by atoms with Gasteiger partial charge in [-0.05, 0) is 57.5 Å². The van der Waals surface area contributed by atoms with E-state index < -0.39 is 16.0 Å². The number of H-pyrrole nitrogens is 1. The first-order valence-corrected chi connectivity index (χ1v) is 10.1. The Balaban J connectivity index is 2.29. The molecule has 0 saturated heterocycles. The first-order chi connectivity index (χ1) is 12.2. The van der Waals surface area contributed by atoms with E-state index in [0.29, 0.717) is 28.2 Å². The zero-order chi connectivity index (χ0) is 19.5. The highest BCUT2D eigenvalue weighted by molar-refractivity contribution is 9.10. The lowest BCUT2D eigenvalue weighted by atomic mass is 10.1. The van der Waals surface area contributed by atoms with Gasteiger partial charge >= 0.3 is 5.97 Å². The number of hydrogen-bond acceptors (Lipinski definition) is 5. The second-order valence-corrected chi connectivity index (χ2v) is 8.17. The van der Waals surface area contributed by atoms with Gasteiger partial charge in [-0.15, -0.1) is 0 Å². The van der Waals surface area contributed by atoms with Crippen LogP contribution in [0.4, 0.5) is 0 Å². The van der Waals surface area contributed by atoms with Crippen LogP contribution in [0.25, 0.3) is 0 Å². The van der Waals surface area contributed by atoms with Crippen LogP contribution < -0.4 is 4.83 Å². The highest BCUT2D eigenvalue weighted by Crippen LogP contribution is 2.20. The molecule has 0 unspecified atom stereocenters. The van der Waals surface area contributed by atoms with E-state index in [1.807, 2.05) is 0 Å².